The number of hydrogen-bond acceptors (Lipinski definition) is 4. The number of thioether (sulfide) groups is 1. The Morgan fingerprint density at radius 1 is 1.32 bits per heavy atom. The van der Waals surface area contributed by atoms with Crippen LogP contribution in [0.2, 0.25) is 5.02 Å². The minimum Gasteiger partial charge on any atom is -0.497 e. The summed E-state index contributed by atoms with van der Waals surface area (Å²) in [6, 6.07) is 13.2. The molecule has 0 aliphatic carbocycles. The minimum atomic E-state index is -0.373. The molecule has 0 saturated heterocycles. The number of halogens is 1. The summed E-state index contributed by atoms with van der Waals surface area (Å²) in [5, 5.41) is 3.76. The van der Waals surface area contributed by atoms with Crippen LogP contribution in [0.3, 0.4) is 0 Å². The third-order valence-corrected chi connectivity index (χ3v) is 6.38. The Balaban J connectivity index is 1.77. The maximum atomic E-state index is 13.0. The lowest BCUT2D eigenvalue weighted by Crippen LogP contribution is -2.43. The smallest absolute Gasteiger partial charge is 0.233 e. The standard InChI is InChI=1S/C22H26ClNO3S/c1-5-20(28-16-9-6-14(23)7-10-16)21(25)24-18-13-22(2,3)27-19-12-15(26-4)8-11-17(18)19/h6-12,18,20H,5,13H2,1-4H3,(H,24,25)/t18-,20+/m1/s1. The van der Waals surface area contributed by atoms with Gasteiger partial charge >= 0.3 is 0 Å². The number of ether oxygens (including phenoxy) is 2. The molecule has 0 aromatic heterocycles. The van der Waals surface area contributed by atoms with E-state index in [4.69, 9.17) is 21.1 Å². The molecular formula is C22H26ClNO3S. The van der Waals surface area contributed by atoms with E-state index in [2.05, 4.69) is 5.32 Å². The molecule has 2 aromatic carbocycles. The van der Waals surface area contributed by atoms with E-state index in [1.807, 2.05) is 63.2 Å². The van der Waals surface area contributed by atoms with Crippen molar-refractivity contribution in [1.82, 2.24) is 5.32 Å². The molecule has 0 spiro atoms. The number of methoxy groups -OCH3 is 1. The zero-order chi connectivity index (χ0) is 20.3. The van der Waals surface area contributed by atoms with Gasteiger partial charge in [0.05, 0.1) is 18.4 Å². The van der Waals surface area contributed by atoms with Crippen LogP contribution in [0, 0.1) is 0 Å². The second-order valence-corrected chi connectivity index (χ2v) is 9.21. The number of carbonyl (C=O) groups is 1. The fourth-order valence-corrected chi connectivity index (χ4v) is 4.44. The van der Waals surface area contributed by atoms with Crippen LogP contribution in [-0.4, -0.2) is 23.9 Å². The normalized spacial score (nSPS) is 18.5. The summed E-state index contributed by atoms with van der Waals surface area (Å²) < 4.78 is 11.4. The molecule has 3 rings (SSSR count). The number of benzene rings is 2. The number of fused-ring (bicyclic) bond motifs is 1. The largest absolute Gasteiger partial charge is 0.497 e. The van der Waals surface area contributed by atoms with Gasteiger partial charge in [-0.15, -0.1) is 11.8 Å². The van der Waals surface area contributed by atoms with Gasteiger partial charge in [0.25, 0.3) is 0 Å². The van der Waals surface area contributed by atoms with Crippen molar-refractivity contribution in [3.63, 3.8) is 0 Å². The van der Waals surface area contributed by atoms with Gasteiger partial charge in [-0.1, -0.05) is 18.5 Å². The molecule has 28 heavy (non-hydrogen) atoms. The fourth-order valence-electron chi connectivity index (χ4n) is 3.35. The van der Waals surface area contributed by atoms with Crippen molar-refractivity contribution in [3.05, 3.63) is 53.1 Å². The first-order chi connectivity index (χ1) is 13.3. The topological polar surface area (TPSA) is 47.6 Å². The van der Waals surface area contributed by atoms with Crippen molar-refractivity contribution in [2.45, 2.75) is 55.4 Å². The van der Waals surface area contributed by atoms with Gasteiger partial charge in [0.1, 0.15) is 17.1 Å². The zero-order valence-corrected chi connectivity index (χ0v) is 18.2. The average Bonchev–Trinajstić information content (AvgIpc) is 2.66. The van der Waals surface area contributed by atoms with Gasteiger partial charge < -0.3 is 14.8 Å². The Kier molecular flexibility index (Phi) is 6.46. The first-order valence-electron chi connectivity index (χ1n) is 9.41. The van der Waals surface area contributed by atoms with Crippen LogP contribution in [0.15, 0.2) is 47.4 Å². The van der Waals surface area contributed by atoms with E-state index in [1.54, 1.807) is 18.9 Å². The molecule has 1 aliphatic rings. The quantitative estimate of drug-likeness (QED) is 0.615. The molecule has 150 valence electrons. The van der Waals surface area contributed by atoms with Gasteiger partial charge in [0, 0.05) is 28.0 Å². The number of amides is 1. The van der Waals surface area contributed by atoms with E-state index in [-0.39, 0.29) is 22.8 Å². The maximum absolute atomic E-state index is 13.0. The zero-order valence-electron chi connectivity index (χ0n) is 16.6. The molecule has 6 heteroatoms. The second-order valence-electron chi connectivity index (χ2n) is 7.50. The highest BCUT2D eigenvalue weighted by molar-refractivity contribution is 8.00. The Hall–Kier alpha value is -1.85. The molecule has 2 atom stereocenters. The summed E-state index contributed by atoms with van der Waals surface area (Å²) in [4.78, 5) is 14.1. The number of nitrogens with one attached hydrogen (secondary N) is 1. The van der Waals surface area contributed by atoms with Crippen LogP contribution in [0.5, 0.6) is 11.5 Å². The molecule has 1 amide bonds. The van der Waals surface area contributed by atoms with Crippen molar-refractivity contribution < 1.29 is 14.3 Å². The van der Waals surface area contributed by atoms with Crippen LogP contribution in [0.1, 0.15) is 45.2 Å². The fraction of sp³-hybridized carbons (Fsp3) is 0.409. The number of carbonyl (C=O) groups excluding carboxylic acids is 1. The van der Waals surface area contributed by atoms with Crippen molar-refractivity contribution in [1.29, 1.82) is 0 Å². The van der Waals surface area contributed by atoms with Crippen LogP contribution in [0.4, 0.5) is 0 Å². The van der Waals surface area contributed by atoms with Crippen LogP contribution >= 0.6 is 23.4 Å². The molecule has 1 N–H and O–H groups in total. The monoisotopic (exact) mass is 419 g/mol. The lowest BCUT2D eigenvalue weighted by atomic mass is 9.89. The Morgan fingerprint density at radius 3 is 2.68 bits per heavy atom. The lowest BCUT2D eigenvalue weighted by molar-refractivity contribution is -0.121. The first kappa shape index (κ1) is 20.9. The van der Waals surface area contributed by atoms with Gasteiger partial charge in [-0.2, -0.15) is 0 Å². The van der Waals surface area contributed by atoms with E-state index >= 15 is 0 Å². The van der Waals surface area contributed by atoms with Crippen molar-refractivity contribution in [3.8, 4) is 11.5 Å². The highest BCUT2D eigenvalue weighted by atomic mass is 35.5. The van der Waals surface area contributed by atoms with Crippen molar-refractivity contribution in [2.24, 2.45) is 0 Å². The third kappa shape index (κ3) is 4.95. The molecule has 2 aromatic rings. The summed E-state index contributed by atoms with van der Waals surface area (Å²) in [6.07, 6.45) is 1.45. The molecule has 0 unspecified atom stereocenters. The molecule has 1 aliphatic heterocycles. The Morgan fingerprint density at radius 2 is 2.04 bits per heavy atom. The molecular weight excluding hydrogens is 394 g/mol. The van der Waals surface area contributed by atoms with E-state index < -0.39 is 0 Å². The Bertz CT molecular complexity index is 838. The SMILES string of the molecule is CC[C@H](Sc1ccc(Cl)cc1)C(=O)N[C@@H]1CC(C)(C)Oc2cc(OC)ccc21. The van der Waals surface area contributed by atoms with Gasteiger partial charge in [-0.25, -0.2) is 0 Å². The van der Waals surface area contributed by atoms with Gasteiger partial charge in [0.15, 0.2) is 0 Å². The molecule has 0 radical (unpaired) electrons. The lowest BCUT2D eigenvalue weighted by Gasteiger charge is -2.38. The summed E-state index contributed by atoms with van der Waals surface area (Å²) >= 11 is 7.52. The third-order valence-electron chi connectivity index (χ3n) is 4.75. The molecule has 4 nitrogen and oxygen atoms in total. The van der Waals surface area contributed by atoms with E-state index in [0.29, 0.717) is 11.4 Å². The maximum Gasteiger partial charge on any atom is 0.233 e. The summed E-state index contributed by atoms with van der Waals surface area (Å²) in [7, 11) is 1.63. The molecule has 1 heterocycles. The summed E-state index contributed by atoms with van der Waals surface area (Å²) in [6.45, 7) is 6.10. The summed E-state index contributed by atoms with van der Waals surface area (Å²) in [5.74, 6) is 1.54. The van der Waals surface area contributed by atoms with E-state index in [0.717, 1.165) is 28.4 Å². The average molecular weight is 420 g/mol. The molecule has 0 bridgehead atoms. The van der Waals surface area contributed by atoms with Crippen molar-refractivity contribution >= 4 is 29.3 Å². The minimum absolute atomic E-state index is 0.0342. The van der Waals surface area contributed by atoms with Crippen LogP contribution < -0.4 is 14.8 Å². The van der Waals surface area contributed by atoms with E-state index in [9.17, 15) is 4.79 Å². The number of hydrogen-bond donors (Lipinski definition) is 1. The highest BCUT2D eigenvalue weighted by Gasteiger charge is 2.35. The van der Waals surface area contributed by atoms with Gasteiger partial charge in [-0.3, -0.25) is 4.79 Å². The highest BCUT2D eigenvalue weighted by Crippen LogP contribution is 2.41. The summed E-state index contributed by atoms with van der Waals surface area (Å²) in [5.41, 5.74) is 0.613. The Labute approximate surface area is 175 Å². The second kappa shape index (κ2) is 8.66. The first-order valence-corrected chi connectivity index (χ1v) is 10.7. The van der Waals surface area contributed by atoms with Crippen LogP contribution in [0.25, 0.3) is 0 Å². The molecule has 0 saturated carbocycles. The predicted octanol–water partition coefficient (Wildman–Crippen LogP) is 5.64. The van der Waals surface area contributed by atoms with Gasteiger partial charge in [0.2, 0.25) is 5.91 Å². The van der Waals surface area contributed by atoms with E-state index in [1.165, 1.54) is 0 Å². The van der Waals surface area contributed by atoms with Gasteiger partial charge in [-0.05, 0) is 56.7 Å². The van der Waals surface area contributed by atoms with Crippen LogP contribution in [-0.2, 0) is 4.79 Å². The van der Waals surface area contributed by atoms with Crippen molar-refractivity contribution in [2.75, 3.05) is 7.11 Å². The predicted molar refractivity (Wildman–Crippen MR) is 115 cm³/mol. The number of rotatable bonds is 6. The molecule has 0 fully saturated rings.